The molecule has 1 fully saturated rings. The highest BCUT2D eigenvalue weighted by Crippen LogP contribution is 2.48. The van der Waals surface area contributed by atoms with E-state index in [4.69, 9.17) is 14.5 Å². The van der Waals surface area contributed by atoms with Crippen LogP contribution in [0.2, 0.25) is 0 Å². The molecule has 35 heavy (non-hydrogen) atoms. The van der Waals surface area contributed by atoms with Gasteiger partial charge in [-0.2, -0.15) is 15.5 Å². The normalized spacial score (nSPS) is 18.5. The number of nitriles is 2. The van der Waals surface area contributed by atoms with Crippen molar-refractivity contribution >= 4 is 5.91 Å². The van der Waals surface area contributed by atoms with Crippen LogP contribution < -0.4 is 4.74 Å². The summed E-state index contributed by atoms with van der Waals surface area (Å²) in [7, 11) is 0. The molecule has 2 heterocycles. The Bertz CT molecular complexity index is 1380. The molecule has 1 unspecified atom stereocenters. The quantitative estimate of drug-likeness (QED) is 0.546. The second-order valence-electron chi connectivity index (χ2n) is 9.42. The number of carbonyl (C=O) groups is 1. The molecule has 8 heteroatoms. The van der Waals surface area contributed by atoms with Crippen LogP contribution in [0.15, 0.2) is 40.9 Å². The van der Waals surface area contributed by atoms with Crippen molar-refractivity contribution in [1.82, 2.24) is 15.0 Å². The third-order valence-corrected chi connectivity index (χ3v) is 6.91. The van der Waals surface area contributed by atoms with Crippen molar-refractivity contribution in [2.75, 3.05) is 13.1 Å². The summed E-state index contributed by atoms with van der Waals surface area (Å²) in [5.41, 5.74) is 4.33. The molecular weight excluding hydrogens is 442 g/mol. The van der Waals surface area contributed by atoms with Crippen molar-refractivity contribution in [3.63, 3.8) is 0 Å². The van der Waals surface area contributed by atoms with E-state index >= 15 is 0 Å². The summed E-state index contributed by atoms with van der Waals surface area (Å²) < 4.78 is 11.3. The summed E-state index contributed by atoms with van der Waals surface area (Å²) in [5, 5.41) is 22.7. The Kier molecular flexibility index (Phi) is 5.74. The predicted molar refractivity (Wildman–Crippen MR) is 127 cm³/mol. The van der Waals surface area contributed by atoms with Crippen molar-refractivity contribution < 1.29 is 14.1 Å². The summed E-state index contributed by atoms with van der Waals surface area (Å²) >= 11 is 0. The second-order valence-corrected chi connectivity index (χ2v) is 9.42. The molecule has 1 amide bonds. The topological polar surface area (TPSA) is 116 Å². The molecule has 1 aliphatic heterocycles. The van der Waals surface area contributed by atoms with Crippen LogP contribution in [0.1, 0.15) is 49.8 Å². The van der Waals surface area contributed by atoms with Gasteiger partial charge in [-0.3, -0.25) is 4.79 Å². The number of amides is 1. The van der Waals surface area contributed by atoms with Gasteiger partial charge in [-0.15, -0.1) is 0 Å². The fourth-order valence-corrected chi connectivity index (χ4v) is 5.31. The fraction of sp³-hybridized carbons (Fsp3) is 0.370. The van der Waals surface area contributed by atoms with E-state index in [-0.39, 0.29) is 23.8 Å². The average molecular weight is 468 g/mol. The molecule has 2 aliphatic rings. The van der Waals surface area contributed by atoms with E-state index in [9.17, 15) is 10.1 Å². The summed E-state index contributed by atoms with van der Waals surface area (Å²) in [4.78, 5) is 18.8. The molecule has 5 rings (SSSR count). The van der Waals surface area contributed by atoms with Crippen LogP contribution in [-0.2, 0) is 16.6 Å². The standard InChI is InChI=1S/C27H25N5O3/c1-17(2)34-23-7-6-18(14-19(23)15-29)26-30-25(31-35-26)21-4-3-5-22-20(21)8-10-27(22)11-13-32(16-27)24(33)9-12-28/h3-7,14,17H,8-11,13,16H2,1-2H3. The minimum absolute atomic E-state index is 0.0390. The van der Waals surface area contributed by atoms with Gasteiger partial charge in [0.1, 0.15) is 18.2 Å². The van der Waals surface area contributed by atoms with Crippen molar-refractivity contribution in [1.29, 1.82) is 10.5 Å². The lowest BCUT2D eigenvalue weighted by Crippen LogP contribution is -2.33. The van der Waals surface area contributed by atoms with Crippen molar-refractivity contribution in [3.05, 3.63) is 53.1 Å². The molecule has 1 atom stereocenters. The van der Waals surface area contributed by atoms with Crippen LogP contribution in [0.4, 0.5) is 0 Å². The zero-order chi connectivity index (χ0) is 24.6. The van der Waals surface area contributed by atoms with E-state index in [2.05, 4.69) is 22.3 Å². The third-order valence-electron chi connectivity index (χ3n) is 6.91. The molecular formula is C27H25N5O3. The van der Waals surface area contributed by atoms with Gasteiger partial charge in [0.25, 0.3) is 5.89 Å². The maximum absolute atomic E-state index is 12.3. The van der Waals surface area contributed by atoms with E-state index in [1.54, 1.807) is 12.1 Å². The number of fused-ring (bicyclic) bond motifs is 2. The smallest absolute Gasteiger partial charge is 0.258 e. The van der Waals surface area contributed by atoms with Crippen LogP contribution in [0, 0.1) is 22.7 Å². The third kappa shape index (κ3) is 4.02. The first-order valence-corrected chi connectivity index (χ1v) is 11.8. The largest absolute Gasteiger partial charge is 0.490 e. The molecule has 2 aromatic carbocycles. The molecule has 0 radical (unpaired) electrons. The molecule has 1 aromatic heterocycles. The number of hydrogen-bond acceptors (Lipinski definition) is 7. The molecule has 3 aromatic rings. The van der Waals surface area contributed by atoms with Crippen LogP contribution >= 0.6 is 0 Å². The molecule has 176 valence electrons. The summed E-state index contributed by atoms with van der Waals surface area (Å²) in [5.74, 6) is 1.27. The van der Waals surface area contributed by atoms with Crippen molar-refractivity contribution in [3.8, 4) is 40.7 Å². The van der Waals surface area contributed by atoms with Gasteiger partial charge in [-0.25, -0.2) is 0 Å². The lowest BCUT2D eigenvalue weighted by molar-refractivity contribution is -0.129. The number of nitrogens with zero attached hydrogens (tertiary/aromatic N) is 5. The minimum atomic E-state index is -0.0988. The number of ether oxygens (including phenoxy) is 1. The lowest BCUT2D eigenvalue weighted by Gasteiger charge is -2.25. The van der Waals surface area contributed by atoms with E-state index in [1.807, 2.05) is 43.0 Å². The van der Waals surface area contributed by atoms with Crippen LogP contribution in [0.3, 0.4) is 0 Å². The van der Waals surface area contributed by atoms with Crippen LogP contribution in [-0.4, -0.2) is 40.1 Å². The predicted octanol–water partition coefficient (Wildman–Crippen LogP) is 4.39. The number of likely N-dealkylation sites (tertiary alicyclic amines) is 1. The van der Waals surface area contributed by atoms with Gasteiger partial charge < -0.3 is 14.2 Å². The zero-order valence-electron chi connectivity index (χ0n) is 19.7. The van der Waals surface area contributed by atoms with Gasteiger partial charge in [0.05, 0.1) is 17.7 Å². The molecule has 0 N–H and O–H groups in total. The van der Waals surface area contributed by atoms with Crippen LogP contribution in [0.5, 0.6) is 5.75 Å². The SMILES string of the molecule is CC(C)Oc1ccc(-c2nc(-c3cccc4c3CCC43CCN(C(=O)CC#N)C3)no2)cc1C#N. The van der Waals surface area contributed by atoms with Gasteiger partial charge in [0.2, 0.25) is 11.7 Å². The van der Waals surface area contributed by atoms with E-state index in [1.165, 1.54) is 11.1 Å². The Morgan fingerprint density at radius 2 is 2.11 bits per heavy atom. The van der Waals surface area contributed by atoms with Gasteiger partial charge in [-0.05, 0) is 62.4 Å². The highest BCUT2D eigenvalue weighted by atomic mass is 16.5. The Labute approximate surface area is 203 Å². The van der Waals surface area contributed by atoms with E-state index in [0.29, 0.717) is 41.7 Å². The maximum Gasteiger partial charge on any atom is 0.258 e. The first kappa shape index (κ1) is 22.6. The fourth-order valence-electron chi connectivity index (χ4n) is 5.31. The lowest BCUT2D eigenvalue weighted by atomic mass is 9.81. The second kappa shape index (κ2) is 8.88. The van der Waals surface area contributed by atoms with Crippen molar-refractivity contribution in [2.45, 2.75) is 51.0 Å². The van der Waals surface area contributed by atoms with Crippen molar-refractivity contribution in [2.24, 2.45) is 0 Å². The first-order valence-electron chi connectivity index (χ1n) is 11.8. The number of rotatable bonds is 5. The molecule has 1 spiro atoms. The Balaban J connectivity index is 1.44. The van der Waals surface area contributed by atoms with Gasteiger partial charge >= 0.3 is 0 Å². The van der Waals surface area contributed by atoms with E-state index < -0.39 is 0 Å². The highest BCUT2D eigenvalue weighted by molar-refractivity contribution is 5.79. The highest BCUT2D eigenvalue weighted by Gasteiger charge is 2.46. The van der Waals surface area contributed by atoms with E-state index in [0.717, 1.165) is 24.8 Å². The molecule has 1 aliphatic carbocycles. The number of hydrogen-bond donors (Lipinski definition) is 0. The summed E-state index contributed by atoms with van der Waals surface area (Å²) in [6.45, 7) is 5.14. The summed E-state index contributed by atoms with van der Waals surface area (Å²) in [6.07, 6.45) is 2.59. The number of benzene rings is 2. The Morgan fingerprint density at radius 3 is 2.89 bits per heavy atom. The minimum Gasteiger partial charge on any atom is -0.490 e. The van der Waals surface area contributed by atoms with Gasteiger partial charge in [0, 0.05) is 29.6 Å². The molecule has 0 bridgehead atoms. The number of carbonyl (C=O) groups excluding carboxylic acids is 1. The van der Waals surface area contributed by atoms with Gasteiger partial charge in [0.15, 0.2) is 0 Å². The monoisotopic (exact) mass is 467 g/mol. The first-order chi connectivity index (χ1) is 16.9. The maximum atomic E-state index is 12.3. The Hall–Kier alpha value is -4.17. The molecule has 0 saturated carbocycles. The average Bonchev–Trinajstić information content (AvgIpc) is 3.59. The molecule has 8 nitrogen and oxygen atoms in total. The molecule has 1 saturated heterocycles. The zero-order valence-corrected chi connectivity index (χ0v) is 19.7. The summed E-state index contributed by atoms with van der Waals surface area (Å²) in [6, 6.07) is 15.5. The van der Waals surface area contributed by atoms with Crippen LogP contribution in [0.25, 0.3) is 22.8 Å². The number of aromatic nitrogens is 2. The Morgan fingerprint density at radius 1 is 1.26 bits per heavy atom. The van der Waals surface area contributed by atoms with Gasteiger partial charge in [-0.1, -0.05) is 23.4 Å².